The van der Waals surface area contributed by atoms with E-state index in [-0.39, 0.29) is 30.5 Å². The van der Waals surface area contributed by atoms with Crippen LogP contribution in [-0.2, 0) is 16.0 Å². The van der Waals surface area contributed by atoms with Gasteiger partial charge in [-0.25, -0.2) is 4.39 Å². The van der Waals surface area contributed by atoms with Crippen molar-refractivity contribution in [2.24, 2.45) is 0 Å². The van der Waals surface area contributed by atoms with Crippen molar-refractivity contribution in [3.8, 4) is 11.4 Å². The Hall–Kier alpha value is -3.55. The second-order valence-electron chi connectivity index (χ2n) is 6.73. The fourth-order valence-corrected chi connectivity index (χ4v) is 3.22. The minimum Gasteiger partial charge on any atom is -0.339 e. The Morgan fingerprint density at radius 3 is 2.72 bits per heavy atom. The molecule has 0 aliphatic carbocycles. The van der Waals surface area contributed by atoms with Crippen LogP contribution in [0.5, 0.6) is 0 Å². The molecular weight excluding hydrogens is 375 g/mol. The smallest absolute Gasteiger partial charge is 0.227 e. The van der Waals surface area contributed by atoms with Crippen LogP contribution >= 0.6 is 0 Å². The van der Waals surface area contributed by atoms with E-state index in [1.165, 1.54) is 12.1 Å². The van der Waals surface area contributed by atoms with Crippen molar-refractivity contribution in [1.82, 2.24) is 10.1 Å². The first-order valence-corrected chi connectivity index (χ1v) is 9.38. The van der Waals surface area contributed by atoms with Gasteiger partial charge in [-0.15, -0.1) is 0 Å². The lowest BCUT2D eigenvalue weighted by Gasteiger charge is -2.19. The van der Waals surface area contributed by atoms with Crippen LogP contribution in [0.1, 0.15) is 25.2 Å². The molecule has 0 spiro atoms. The number of nitrogens with one attached hydrogen (secondary N) is 1. The molecule has 1 fully saturated rings. The molecule has 4 rings (SSSR count). The van der Waals surface area contributed by atoms with E-state index in [1.807, 2.05) is 18.2 Å². The van der Waals surface area contributed by atoms with E-state index in [2.05, 4.69) is 15.5 Å². The molecule has 0 radical (unpaired) electrons. The van der Waals surface area contributed by atoms with Crippen LogP contribution in [0, 0.1) is 5.82 Å². The van der Waals surface area contributed by atoms with Crippen LogP contribution in [0.2, 0.25) is 0 Å². The molecule has 29 heavy (non-hydrogen) atoms. The maximum Gasteiger partial charge on any atom is 0.227 e. The van der Waals surface area contributed by atoms with E-state index in [9.17, 15) is 14.0 Å². The Labute approximate surface area is 166 Å². The molecule has 0 bridgehead atoms. The highest BCUT2D eigenvalue weighted by Crippen LogP contribution is 2.29. The molecule has 7 nitrogen and oxygen atoms in total. The van der Waals surface area contributed by atoms with Crippen LogP contribution in [0.25, 0.3) is 11.4 Å². The summed E-state index contributed by atoms with van der Waals surface area (Å²) in [6.45, 7) is 0.653. The molecule has 0 atom stereocenters. The standard InChI is InChI=1S/C21H19FN4O3/c22-15-9-7-14(8-10-15)21-24-19(29-25-21)12-11-18(27)23-16-4-1-2-5-17(16)26-13-3-6-20(26)28/h1-2,4-5,7-10H,3,6,11-13H2,(H,23,27). The highest BCUT2D eigenvalue weighted by Gasteiger charge is 2.24. The first kappa shape index (κ1) is 18.8. The molecule has 148 valence electrons. The Morgan fingerprint density at radius 2 is 1.97 bits per heavy atom. The summed E-state index contributed by atoms with van der Waals surface area (Å²) in [6, 6.07) is 13.0. The number of carbonyl (C=O) groups excluding carboxylic acids is 2. The van der Waals surface area contributed by atoms with Gasteiger partial charge in [0.2, 0.25) is 23.5 Å². The number of aryl methyl sites for hydroxylation is 1. The van der Waals surface area contributed by atoms with E-state index in [4.69, 9.17) is 4.52 Å². The molecule has 0 unspecified atom stereocenters. The first-order chi connectivity index (χ1) is 14.1. The zero-order valence-corrected chi connectivity index (χ0v) is 15.6. The van der Waals surface area contributed by atoms with Gasteiger partial charge in [-0.05, 0) is 42.8 Å². The van der Waals surface area contributed by atoms with Gasteiger partial charge in [0.1, 0.15) is 5.82 Å². The van der Waals surface area contributed by atoms with Gasteiger partial charge in [-0.1, -0.05) is 17.3 Å². The third kappa shape index (κ3) is 4.31. The number of carbonyl (C=O) groups is 2. The zero-order chi connectivity index (χ0) is 20.2. The fourth-order valence-electron chi connectivity index (χ4n) is 3.22. The number of para-hydroxylation sites is 2. The maximum absolute atomic E-state index is 13.0. The monoisotopic (exact) mass is 394 g/mol. The van der Waals surface area contributed by atoms with Gasteiger partial charge in [0.25, 0.3) is 0 Å². The number of benzene rings is 2. The van der Waals surface area contributed by atoms with Gasteiger partial charge in [-0.2, -0.15) is 4.98 Å². The lowest BCUT2D eigenvalue weighted by Crippen LogP contribution is -2.25. The topological polar surface area (TPSA) is 88.3 Å². The maximum atomic E-state index is 13.0. The molecule has 1 aliphatic heterocycles. The van der Waals surface area contributed by atoms with Gasteiger partial charge >= 0.3 is 0 Å². The van der Waals surface area contributed by atoms with Crippen LogP contribution in [0.15, 0.2) is 53.1 Å². The summed E-state index contributed by atoms with van der Waals surface area (Å²) in [5, 5.41) is 6.73. The van der Waals surface area contributed by atoms with Crippen molar-refractivity contribution in [2.75, 3.05) is 16.8 Å². The highest BCUT2D eigenvalue weighted by molar-refractivity contribution is 6.02. The molecule has 2 amide bonds. The molecular formula is C21H19FN4O3. The van der Waals surface area contributed by atoms with E-state index >= 15 is 0 Å². The Kier molecular flexibility index (Phi) is 5.33. The predicted molar refractivity (Wildman–Crippen MR) is 105 cm³/mol. The third-order valence-electron chi connectivity index (χ3n) is 4.68. The van der Waals surface area contributed by atoms with E-state index in [0.29, 0.717) is 41.6 Å². The van der Waals surface area contributed by atoms with Gasteiger partial charge in [0.05, 0.1) is 11.4 Å². The summed E-state index contributed by atoms with van der Waals surface area (Å²) in [6.07, 6.45) is 1.75. The molecule has 2 heterocycles. The predicted octanol–water partition coefficient (Wildman–Crippen LogP) is 3.57. The largest absolute Gasteiger partial charge is 0.339 e. The highest BCUT2D eigenvalue weighted by atomic mass is 19.1. The third-order valence-corrected chi connectivity index (χ3v) is 4.68. The molecule has 1 aliphatic rings. The lowest BCUT2D eigenvalue weighted by molar-refractivity contribution is -0.117. The van der Waals surface area contributed by atoms with Crippen molar-refractivity contribution in [3.05, 3.63) is 60.2 Å². The van der Waals surface area contributed by atoms with Gasteiger partial charge < -0.3 is 14.7 Å². The van der Waals surface area contributed by atoms with Crippen molar-refractivity contribution < 1.29 is 18.5 Å². The Balaban J connectivity index is 1.38. The number of aromatic nitrogens is 2. The summed E-state index contributed by atoms with van der Waals surface area (Å²) in [5.41, 5.74) is 1.94. The molecule has 1 aromatic heterocycles. The number of rotatable bonds is 6. The van der Waals surface area contributed by atoms with Crippen molar-refractivity contribution in [3.63, 3.8) is 0 Å². The van der Waals surface area contributed by atoms with Gasteiger partial charge in [-0.3, -0.25) is 9.59 Å². The average Bonchev–Trinajstić information content (AvgIpc) is 3.37. The zero-order valence-electron chi connectivity index (χ0n) is 15.6. The molecule has 2 aromatic carbocycles. The summed E-state index contributed by atoms with van der Waals surface area (Å²) in [4.78, 5) is 30.4. The minimum atomic E-state index is -0.343. The minimum absolute atomic E-state index is 0.0610. The van der Waals surface area contributed by atoms with E-state index in [0.717, 1.165) is 6.42 Å². The number of anilines is 2. The van der Waals surface area contributed by atoms with E-state index < -0.39 is 0 Å². The summed E-state index contributed by atoms with van der Waals surface area (Å²) in [5.74, 6) is 0.169. The number of hydrogen-bond donors (Lipinski definition) is 1. The molecule has 0 saturated carbocycles. The lowest BCUT2D eigenvalue weighted by atomic mass is 10.2. The normalized spacial score (nSPS) is 13.7. The van der Waals surface area contributed by atoms with Crippen LogP contribution in [0.4, 0.5) is 15.8 Å². The average molecular weight is 394 g/mol. The number of nitrogens with zero attached hydrogens (tertiary/aromatic N) is 3. The first-order valence-electron chi connectivity index (χ1n) is 9.38. The van der Waals surface area contributed by atoms with Crippen molar-refractivity contribution >= 4 is 23.2 Å². The molecule has 1 N–H and O–H groups in total. The molecule has 1 saturated heterocycles. The van der Waals surface area contributed by atoms with Crippen molar-refractivity contribution in [1.29, 1.82) is 0 Å². The van der Waals surface area contributed by atoms with E-state index in [1.54, 1.807) is 23.1 Å². The summed E-state index contributed by atoms with van der Waals surface area (Å²) < 4.78 is 18.2. The Morgan fingerprint density at radius 1 is 1.17 bits per heavy atom. The fraction of sp³-hybridized carbons (Fsp3) is 0.238. The summed E-state index contributed by atoms with van der Waals surface area (Å²) >= 11 is 0. The quantitative estimate of drug-likeness (QED) is 0.690. The number of hydrogen-bond acceptors (Lipinski definition) is 5. The number of amides is 2. The Bertz CT molecular complexity index is 1030. The molecule has 8 heteroatoms. The van der Waals surface area contributed by atoms with Crippen LogP contribution < -0.4 is 10.2 Å². The number of halogens is 1. The SMILES string of the molecule is O=C(CCc1nc(-c2ccc(F)cc2)no1)Nc1ccccc1N1CCCC1=O. The van der Waals surface area contributed by atoms with Crippen LogP contribution in [-0.4, -0.2) is 28.5 Å². The van der Waals surface area contributed by atoms with Gasteiger partial charge in [0, 0.05) is 31.4 Å². The van der Waals surface area contributed by atoms with Crippen molar-refractivity contribution in [2.45, 2.75) is 25.7 Å². The second kappa shape index (κ2) is 8.22. The molecule has 3 aromatic rings. The second-order valence-corrected chi connectivity index (χ2v) is 6.73. The van der Waals surface area contributed by atoms with Crippen LogP contribution in [0.3, 0.4) is 0 Å². The van der Waals surface area contributed by atoms with Gasteiger partial charge in [0.15, 0.2) is 0 Å². The summed E-state index contributed by atoms with van der Waals surface area (Å²) in [7, 11) is 0.